The molecular formula is C22H29BrN2O2. The minimum Gasteiger partial charge on any atom is -1.00 e. The molecule has 146 valence electrons. The van der Waals surface area contributed by atoms with E-state index in [1.54, 1.807) is 12.1 Å². The van der Waals surface area contributed by atoms with Gasteiger partial charge in [-0.15, -0.1) is 0 Å². The van der Waals surface area contributed by atoms with E-state index in [4.69, 9.17) is 0 Å². The number of nitrogens with zero attached hydrogens (tertiary/aromatic N) is 2. The Labute approximate surface area is 172 Å². The number of aromatic nitrogens is 2. The van der Waals surface area contributed by atoms with Crippen LogP contribution in [0.15, 0.2) is 24.3 Å². The topological polar surface area (TPSA) is 43.0 Å². The van der Waals surface area contributed by atoms with Crippen molar-refractivity contribution in [3.8, 4) is 0 Å². The van der Waals surface area contributed by atoms with Gasteiger partial charge in [0.25, 0.3) is 5.82 Å². The van der Waals surface area contributed by atoms with E-state index in [0.717, 1.165) is 31.8 Å². The third-order valence-electron chi connectivity index (χ3n) is 5.17. The van der Waals surface area contributed by atoms with Gasteiger partial charge in [0.2, 0.25) is 23.0 Å². The normalized spacial score (nSPS) is 12.8. The van der Waals surface area contributed by atoms with Crippen LogP contribution < -0.4 is 21.5 Å². The van der Waals surface area contributed by atoms with E-state index in [9.17, 15) is 9.59 Å². The van der Waals surface area contributed by atoms with Crippen LogP contribution in [0, 0.1) is 12.8 Å². The first-order chi connectivity index (χ1) is 12.5. The summed E-state index contributed by atoms with van der Waals surface area (Å²) < 4.78 is 4.15. The number of imidazole rings is 1. The van der Waals surface area contributed by atoms with Gasteiger partial charge in [0.15, 0.2) is 0 Å². The fourth-order valence-electron chi connectivity index (χ4n) is 3.88. The first-order valence-corrected chi connectivity index (χ1v) is 9.78. The molecule has 0 fully saturated rings. The van der Waals surface area contributed by atoms with Crippen molar-refractivity contribution in [2.75, 3.05) is 0 Å². The molecule has 0 N–H and O–H groups in total. The third kappa shape index (κ3) is 3.93. The molecule has 0 saturated carbocycles. The van der Waals surface area contributed by atoms with Crippen LogP contribution in [-0.4, -0.2) is 16.1 Å². The van der Waals surface area contributed by atoms with Crippen molar-refractivity contribution in [3.63, 3.8) is 0 Å². The van der Waals surface area contributed by atoms with Gasteiger partial charge in [-0.3, -0.25) is 9.59 Å². The first-order valence-electron chi connectivity index (χ1n) is 9.78. The molecule has 1 aliphatic rings. The molecule has 1 aromatic heterocycles. The maximum Gasteiger partial charge on any atom is 0.254 e. The van der Waals surface area contributed by atoms with Crippen molar-refractivity contribution in [2.45, 2.75) is 66.5 Å². The lowest BCUT2D eigenvalue weighted by Crippen LogP contribution is -3.00. The van der Waals surface area contributed by atoms with Crippen LogP contribution in [0.5, 0.6) is 0 Å². The van der Waals surface area contributed by atoms with Crippen molar-refractivity contribution >= 4 is 11.6 Å². The summed E-state index contributed by atoms with van der Waals surface area (Å²) in [4.78, 5) is 26.4. The van der Waals surface area contributed by atoms with Crippen molar-refractivity contribution in [2.24, 2.45) is 5.92 Å². The summed E-state index contributed by atoms with van der Waals surface area (Å²) in [5, 5.41) is 0. The van der Waals surface area contributed by atoms with Crippen LogP contribution in [0.2, 0.25) is 0 Å². The maximum atomic E-state index is 13.2. The van der Waals surface area contributed by atoms with Crippen LogP contribution in [-0.2, 0) is 13.1 Å². The zero-order valence-corrected chi connectivity index (χ0v) is 18.3. The monoisotopic (exact) mass is 432 g/mol. The number of hydrogen-bond donors (Lipinski definition) is 0. The Morgan fingerprint density at radius 2 is 1.63 bits per heavy atom. The lowest BCUT2D eigenvalue weighted by atomic mass is 9.89. The standard InChI is InChI=1S/C22H29N2O2.BrH/c1-5-6-7-10-13-23-16(4)24(14-15(2)3)20-19(23)21(25)17-11-8-9-12-18(17)22(20)26;/h8-9,11-12,15H,5-7,10,13-14H2,1-4H3;1H/q+1;/p-1. The second-order valence-electron chi connectivity index (χ2n) is 7.67. The van der Waals surface area contributed by atoms with Crippen molar-refractivity contribution in [1.29, 1.82) is 0 Å². The summed E-state index contributed by atoms with van der Waals surface area (Å²) >= 11 is 0. The lowest BCUT2D eigenvalue weighted by molar-refractivity contribution is -0.709. The van der Waals surface area contributed by atoms with Crippen LogP contribution in [0.1, 0.15) is 84.4 Å². The van der Waals surface area contributed by atoms with E-state index in [1.807, 2.05) is 19.1 Å². The SMILES string of the molecule is CCCCCCn1c2c([n+](CC(C)C)c1C)C(=O)c1ccccc1C2=O.[Br-]. The molecule has 0 aliphatic heterocycles. The van der Waals surface area contributed by atoms with Crippen LogP contribution in [0.25, 0.3) is 0 Å². The van der Waals surface area contributed by atoms with Gasteiger partial charge in [-0.25, -0.2) is 9.13 Å². The quantitative estimate of drug-likeness (QED) is 0.414. The Bertz CT molecular complexity index is 852. The molecule has 27 heavy (non-hydrogen) atoms. The maximum absolute atomic E-state index is 13.2. The number of ketones is 2. The molecule has 3 rings (SSSR count). The van der Waals surface area contributed by atoms with Gasteiger partial charge in [0, 0.05) is 18.1 Å². The summed E-state index contributed by atoms with van der Waals surface area (Å²) in [5.74, 6) is 1.37. The number of unbranched alkanes of at least 4 members (excludes halogenated alkanes) is 3. The number of rotatable bonds is 7. The molecule has 0 atom stereocenters. The Balaban J connectivity index is 0.00000261. The highest BCUT2D eigenvalue weighted by Gasteiger charge is 2.42. The van der Waals surface area contributed by atoms with E-state index in [1.165, 1.54) is 12.8 Å². The molecule has 1 heterocycles. The molecule has 0 saturated heterocycles. The van der Waals surface area contributed by atoms with Gasteiger partial charge >= 0.3 is 0 Å². The zero-order chi connectivity index (χ0) is 18.8. The third-order valence-corrected chi connectivity index (χ3v) is 5.17. The predicted octanol–water partition coefficient (Wildman–Crippen LogP) is 1.10. The van der Waals surface area contributed by atoms with Crippen LogP contribution in [0.3, 0.4) is 0 Å². The number of benzene rings is 1. The minimum atomic E-state index is -0.0220. The molecule has 5 heteroatoms. The molecule has 1 aromatic carbocycles. The zero-order valence-electron chi connectivity index (χ0n) is 16.7. The number of hydrogen-bond acceptors (Lipinski definition) is 2. The summed E-state index contributed by atoms with van der Waals surface area (Å²) in [5.41, 5.74) is 2.23. The van der Waals surface area contributed by atoms with Crippen molar-refractivity contribution < 1.29 is 31.1 Å². The fraction of sp³-hybridized carbons (Fsp3) is 0.500. The highest BCUT2D eigenvalue weighted by Crippen LogP contribution is 2.27. The van der Waals surface area contributed by atoms with Gasteiger partial charge in [-0.1, -0.05) is 57.9 Å². The van der Waals surface area contributed by atoms with Crippen LogP contribution in [0.4, 0.5) is 0 Å². The largest absolute Gasteiger partial charge is 1.00 e. The average Bonchev–Trinajstić information content (AvgIpc) is 2.89. The highest BCUT2D eigenvalue weighted by atomic mass is 79.9. The Morgan fingerprint density at radius 3 is 2.22 bits per heavy atom. The minimum absolute atomic E-state index is 0. The van der Waals surface area contributed by atoms with E-state index in [-0.39, 0.29) is 28.5 Å². The predicted molar refractivity (Wildman–Crippen MR) is 102 cm³/mol. The summed E-state index contributed by atoms with van der Waals surface area (Å²) in [6, 6.07) is 7.20. The van der Waals surface area contributed by atoms with Gasteiger partial charge in [-0.05, 0) is 18.8 Å². The molecule has 0 unspecified atom stereocenters. The molecular weight excluding hydrogens is 404 g/mol. The summed E-state index contributed by atoms with van der Waals surface area (Å²) in [6.07, 6.45) is 4.55. The molecule has 1 aliphatic carbocycles. The number of carbonyl (C=O) groups is 2. The molecule has 0 amide bonds. The lowest BCUT2D eigenvalue weighted by Gasteiger charge is -2.13. The molecule has 2 aromatic rings. The summed E-state index contributed by atoms with van der Waals surface area (Å²) in [6.45, 7) is 10.0. The van der Waals surface area contributed by atoms with Gasteiger partial charge in [0.1, 0.15) is 0 Å². The Kier molecular flexibility index (Phi) is 7.15. The van der Waals surface area contributed by atoms with Crippen molar-refractivity contribution in [1.82, 2.24) is 4.57 Å². The van der Waals surface area contributed by atoms with E-state index < -0.39 is 0 Å². The molecule has 0 spiro atoms. The van der Waals surface area contributed by atoms with E-state index >= 15 is 0 Å². The number of fused-ring (bicyclic) bond motifs is 2. The second-order valence-corrected chi connectivity index (χ2v) is 7.67. The fourth-order valence-corrected chi connectivity index (χ4v) is 3.88. The second kappa shape index (κ2) is 8.96. The smallest absolute Gasteiger partial charge is 0.254 e. The highest BCUT2D eigenvalue weighted by molar-refractivity contribution is 6.26. The first kappa shape index (κ1) is 21.5. The van der Waals surface area contributed by atoms with Gasteiger partial charge in [0.05, 0.1) is 13.1 Å². The van der Waals surface area contributed by atoms with Gasteiger partial charge in [-0.2, -0.15) is 0 Å². The number of halogens is 1. The van der Waals surface area contributed by atoms with Crippen LogP contribution >= 0.6 is 0 Å². The average molecular weight is 433 g/mol. The molecule has 0 bridgehead atoms. The molecule has 4 nitrogen and oxygen atoms in total. The van der Waals surface area contributed by atoms with E-state index in [2.05, 4.69) is 29.9 Å². The Morgan fingerprint density at radius 1 is 1.00 bits per heavy atom. The number of carbonyl (C=O) groups excluding carboxylic acids is 2. The Hall–Kier alpha value is -1.75. The van der Waals surface area contributed by atoms with Crippen molar-refractivity contribution in [3.05, 3.63) is 52.6 Å². The van der Waals surface area contributed by atoms with Gasteiger partial charge < -0.3 is 17.0 Å². The summed E-state index contributed by atoms with van der Waals surface area (Å²) in [7, 11) is 0. The molecule has 0 radical (unpaired) electrons. The van der Waals surface area contributed by atoms with E-state index in [0.29, 0.717) is 28.4 Å².